The van der Waals surface area contributed by atoms with Crippen molar-refractivity contribution in [3.63, 3.8) is 0 Å². The van der Waals surface area contributed by atoms with Crippen molar-refractivity contribution in [3.05, 3.63) is 152 Å². The van der Waals surface area contributed by atoms with Gasteiger partial charge in [0, 0.05) is 84.7 Å². The van der Waals surface area contributed by atoms with E-state index in [2.05, 4.69) is 96.5 Å². The third kappa shape index (κ3) is 14.1. The number of hydrogen-bond donors (Lipinski definition) is 2. The summed E-state index contributed by atoms with van der Waals surface area (Å²) >= 11 is 3.26. The maximum Gasteiger partial charge on any atom is 0.337 e. The van der Waals surface area contributed by atoms with Crippen LogP contribution in [0.15, 0.2) is 97.4 Å². The smallest absolute Gasteiger partial charge is 0.337 e. The van der Waals surface area contributed by atoms with Gasteiger partial charge in [-0.05, 0) is 136 Å². The van der Waals surface area contributed by atoms with Crippen LogP contribution in [0.25, 0.3) is 32.7 Å². The molecule has 6 aliphatic heterocycles. The van der Waals surface area contributed by atoms with Crippen LogP contribution in [0, 0.1) is 13.8 Å². The molecule has 0 aliphatic carbocycles. The summed E-state index contributed by atoms with van der Waals surface area (Å²) in [4.78, 5) is 51.4. The molecular formula is C67H80N10O8S2. The van der Waals surface area contributed by atoms with Crippen molar-refractivity contribution in [2.75, 3.05) is 49.2 Å². The van der Waals surface area contributed by atoms with E-state index in [1.165, 1.54) is 22.3 Å². The molecule has 0 saturated carbocycles. The number of thiazole rings is 2. The summed E-state index contributed by atoms with van der Waals surface area (Å²) in [7, 11) is 0. The number of allylic oxidation sites excluding steroid dienone is 2. The van der Waals surface area contributed by atoms with E-state index in [0.29, 0.717) is 96.2 Å². The van der Waals surface area contributed by atoms with Crippen LogP contribution in [0.3, 0.4) is 0 Å². The highest BCUT2D eigenvalue weighted by atomic mass is 32.1. The van der Waals surface area contributed by atoms with Gasteiger partial charge in [-0.25, -0.2) is 29.5 Å². The van der Waals surface area contributed by atoms with Gasteiger partial charge >= 0.3 is 11.9 Å². The van der Waals surface area contributed by atoms with Gasteiger partial charge in [0.1, 0.15) is 33.0 Å². The lowest BCUT2D eigenvalue weighted by Crippen LogP contribution is -2.45. The predicted octanol–water partition coefficient (Wildman–Crippen LogP) is 12.8. The molecule has 6 aromatic heterocycles. The Kier molecular flexibility index (Phi) is 17.7. The monoisotopic (exact) mass is 1220 g/mol. The number of piperidine rings is 2. The Morgan fingerprint density at radius 1 is 0.598 bits per heavy atom. The molecule has 0 radical (unpaired) electrons. The maximum atomic E-state index is 12.7. The Bertz CT molecular complexity index is 3870. The zero-order chi connectivity index (χ0) is 61.4. The van der Waals surface area contributed by atoms with E-state index >= 15 is 0 Å². The lowest BCUT2D eigenvalue weighted by Gasteiger charge is -2.41. The van der Waals surface area contributed by atoms with Crippen LogP contribution in [0.2, 0.25) is 0 Å². The Morgan fingerprint density at radius 3 is 1.45 bits per heavy atom. The van der Waals surface area contributed by atoms with Crippen LogP contribution in [0.4, 0.5) is 11.6 Å². The number of carboxylic acids is 2. The van der Waals surface area contributed by atoms with Crippen LogP contribution < -0.4 is 9.80 Å². The van der Waals surface area contributed by atoms with Gasteiger partial charge in [0.25, 0.3) is 0 Å². The van der Waals surface area contributed by atoms with Crippen molar-refractivity contribution >= 4 is 57.5 Å². The number of benzene rings is 2. The minimum absolute atomic E-state index is 0.281. The first-order valence-electron chi connectivity index (χ1n) is 30.2. The molecule has 6 aliphatic rings. The van der Waals surface area contributed by atoms with Gasteiger partial charge in [-0.15, -0.1) is 22.7 Å². The largest absolute Gasteiger partial charge is 0.479 e. The summed E-state index contributed by atoms with van der Waals surface area (Å²) in [5, 5.41) is 32.4. The molecule has 458 valence electrons. The molecule has 2 fully saturated rings. The number of fused-ring (bicyclic) bond motifs is 11. The summed E-state index contributed by atoms with van der Waals surface area (Å²) in [5.41, 5.74) is 8.29. The summed E-state index contributed by atoms with van der Waals surface area (Å²) in [6, 6.07) is 21.0. The van der Waals surface area contributed by atoms with Gasteiger partial charge in [-0.3, -0.25) is 0 Å². The minimum atomic E-state index is -1.21. The van der Waals surface area contributed by atoms with Crippen LogP contribution in [-0.4, -0.2) is 123 Å². The first-order chi connectivity index (χ1) is 41.5. The fourth-order valence-electron chi connectivity index (χ4n) is 12.0. The highest BCUT2D eigenvalue weighted by molar-refractivity contribution is 7.15. The Balaban J connectivity index is 0.000000180. The second kappa shape index (κ2) is 25.1. The van der Waals surface area contributed by atoms with Crippen LogP contribution in [0.5, 0.6) is 0 Å². The molecule has 12 heterocycles. The number of aliphatic carboxylic acids is 2. The Labute approximate surface area is 516 Å². The van der Waals surface area contributed by atoms with Gasteiger partial charge in [0.05, 0.1) is 46.7 Å². The predicted molar refractivity (Wildman–Crippen MR) is 341 cm³/mol. The summed E-state index contributed by atoms with van der Waals surface area (Å²) in [5.74, 6) is -0.699. The Morgan fingerprint density at radius 2 is 1.01 bits per heavy atom. The van der Waals surface area contributed by atoms with Crippen LogP contribution in [0.1, 0.15) is 154 Å². The molecular weight excluding hydrogens is 1140 g/mol. The average molecular weight is 1220 g/mol. The fraction of sp³-hybridized carbons (Fsp3) is 0.463. The molecule has 0 unspecified atom stereocenters. The minimum Gasteiger partial charge on any atom is -0.479 e. The van der Waals surface area contributed by atoms with Crippen molar-refractivity contribution in [1.29, 1.82) is 0 Å². The van der Waals surface area contributed by atoms with E-state index < -0.39 is 35.3 Å². The van der Waals surface area contributed by atoms with Gasteiger partial charge in [-0.1, -0.05) is 72.8 Å². The number of nitrogens with zero attached hydrogens (tertiary/aromatic N) is 10. The lowest BCUT2D eigenvalue weighted by molar-refractivity contribution is -0.161. The van der Waals surface area contributed by atoms with Crippen LogP contribution >= 0.6 is 22.7 Å². The molecule has 8 aromatic rings. The van der Waals surface area contributed by atoms with E-state index in [9.17, 15) is 19.8 Å². The highest BCUT2D eigenvalue weighted by Crippen LogP contribution is 2.42. The number of carboxylic acid groups (broad SMARTS) is 2. The number of ether oxygens (including phenoxy) is 4. The van der Waals surface area contributed by atoms with Crippen molar-refractivity contribution in [2.24, 2.45) is 0 Å². The van der Waals surface area contributed by atoms with Crippen LogP contribution in [-0.2, 0) is 54.2 Å². The fourth-order valence-corrected chi connectivity index (χ4v) is 13.8. The number of carbonyl (C=O) groups is 2. The molecule has 12 bridgehead atoms. The summed E-state index contributed by atoms with van der Waals surface area (Å²) in [6.45, 7) is 23.1. The molecule has 0 spiro atoms. The third-order valence-corrected chi connectivity index (χ3v) is 18.6. The summed E-state index contributed by atoms with van der Waals surface area (Å²) in [6.07, 6.45) is 17.6. The molecule has 20 heteroatoms. The van der Waals surface area contributed by atoms with Crippen molar-refractivity contribution in [2.45, 2.75) is 162 Å². The first kappa shape index (κ1) is 61.4. The molecule has 14 rings (SSSR count). The highest BCUT2D eigenvalue weighted by Gasteiger charge is 2.40. The molecule has 2 aromatic carbocycles. The van der Waals surface area contributed by atoms with Crippen molar-refractivity contribution in [1.82, 2.24) is 39.2 Å². The first-order valence-corrected chi connectivity index (χ1v) is 31.9. The summed E-state index contributed by atoms with van der Waals surface area (Å²) < 4.78 is 28.8. The number of aryl methyl sites for hydroxylation is 3. The van der Waals surface area contributed by atoms with E-state index in [-0.39, 0.29) is 11.2 Å². The molecule has 87 heavy (non-hydrogen) atoms. The van der Waals surface area contributed by atoms with Gasteiger partial charge in [0.2, 0.25) is 0 Å². The topological polar surface area (TPSA) is 204 Å². The van der Waals surface area contributed by atoms with E-state index in [0.717, 1.165) is 77.6 Å². The molecule has 2 atom stereocenters. The number of rotatable bonds is 6. The zero-order valence-corrected chi connectivity index (χ0v) is 53.3. The SMILES string of the molecule is Cc1nc2cc3nn2c(c1[C@H](OC(C)(C)C)C(=O)O)N1CCC(C)(CC1)OC/C=C/Cc1ccccc1Cc1cnc-3s1.Cc1nc2cc3nn2c(c1[C@H](OC(C)(C)C)C(=O)O)N1CCC(C)(CC1)OC/C=C\CCc1ccccc1Cc1cnc-3s1. The van der Waals surface area contributed by atoms with E-state index in [1.54, 1.807) is 31.7 Å². The van der Waals surface area contributed by atoms with Gasteiger partial charge < -0.3 is 39.0 Å². The molecule has 2 saturated heterocycles. The number of anilines is 2. The second-order valence-corrected chi connectivity index (χ2v) is 27.9. The number of aromatic nitrogens is 8. The number of hydrogen-bond acceptors (Lipinski definition) is 16. The molecule has 18 nitrogen and oxygen atoms in total. The van der Waals surface area contributed by atoms with E-state index in [1.807, 2.05) is 79.9 Å². The lowest BCUT2D eigenvalue weighted by atomic mass is 9.92. The quantitative estimate of drug-likeness (QED) is 0.149. The Hall–Kier alpha value is -7.20. The molecule has 2 N–H and O–H groups in total. The van der Waals surface area contributed by atoms with E-state index in [4.69, 9.17) is 49.1 Å². The van der Waals surface area contributed by atoms with Crippen molar-refractivity contribution < 1.29 is 38.7 Å². The average Bonchev–Trinajstić information content (AvgIpc) is 2.20. The third-order valence-electron chi connectivity index (χ3n) is 16.6. The molecule has 0 amide bonds. The normalized spacial score (nSPS) is 18.6. The zero-order valence-electron chi connectivity index (χ0n) is 51.6. The maximum absolute atomic E-state index is 12.7. The second-order valence-electron chi connectivity index (χ2n) is 25.7. The standard InChI is InChI=1S/C34H41N5O4S.C33H39N5O4S/c1-22-28(29(32(40)41)43-33(2,3)4)31-38-16-14-34(5,15-17-38)42-18-10-6-7-11-23-12-8-9-13-24(23)19-25-21-35-30(44-25)26-20-27(36-22)39(31)37-26;1-21-27(28(31(39)40)42-32(2,3)4)30-37-15-13-33(5,14-16-37)41-17-9-8-11-22-10-6-7-12-23(22)18-24-20-34-29(43-24)25-19-26(35-21)38(30)36-25/h6,8-10,12-13,20-21,29H,7,11,14-19H2,1-5H3,(H,40,41);6-10,12,19-20,28H,11,13-18H2,1-5H3,(H,39,40)/b10-6-;9-8+/t29-;28-/m00/s1. The van der Waals surface area contributed by atoms with Gasteiger partial charge in [0.15, 0.2) is 23.5 Å². The van der Waals surface area contributed by atoms with Gasteiger partial charge in [-0.2, -0.15) is 19.2 Å². The van der Waals surface area contributed by atoms with Crippen molar-refractivity contribution in [3.8, 4) is 21.4 Å².